The van der Waals surface area contributed by atoms with Crippen molar-refractivity contribution in [1.82, 2.24) is 25.0 Å². The highest BCUT2D eigenvalue weighted by Crippen LogP contribution is 2.24. The van der Waals surface area contributed by atoms with E-state index in [9.17, 15) is 4.79 Å². The van der Waals surface area contributed by atoms with Gasteiger partial charge in [0.15, 0.2) is 11.5 Å². The number of carbonyl (C=O) groups excluding carboxylic acids is 1. The van der Waals surface area contributed by atoms with E-state index >= 15 is 0 Å². The third-order valence-corrected chi connectivity index (χ3v) is 4.00. The van der Waals surface area contributed by atoms with Crippen LogP contribution < -0.4 is 11.1 Å². The average molecular weight is 314 g/mol. The second-order valence-electron chi connectivity index (χ2n) is 5.76. The van der Waals surface area contributed by atoms with Gasteiger partial charge in [0.1, 0.15) is 0 Å². The van der Waals surface area contributed by atoms with Gasteiger partial charge in [0.25, 0.3) is 5.91 Å². The molecule has 0 saturated carbocycles. The molecule has 1 amide bonds. The molecule has 2 aromatic heterocycles. The normalized spacial score (nSPS) is 14.5. The van der Waals surface area contributed by atoms with E-state index in [0.29, 0.717) is 18.8 Å². The lowest BCUT2D eigenvalue weighted by atomic mass is 10.1. The van der Waals surface area contributed by atoms with Crippen molar-refractivity contribution >= 4 is 5.91 Å². The van der Waals surface area contributed by atoms with Gasteiger partial charge in [-0.25, -0.2) is 9.67 Å². The van der Waals surface area contributed by atoms with Gasteiger partial charge in [-0.3, -0.25) is 4.79 Å². The van der Waals surface area contributed by atoms with Crippen LogP contribution >= 0.6 is 0 Å². The Labute approximate surface area is 135 Å². The number of hydrogen-bond acceptors (Lipinski definition) is 5. The molecule has 0 fully saturated rings. The largest absolute Gasteiger partial charge is 0.351 e. The molecule has 3 N–H and O–H groups in total. The number of nitrogens with zero attached hydrogens (tertiary/aromatic N) is 4. The topological polar surface area (TPSA) is 89.1 Å². The quantitative estimate of drug-likeness (QED) is 0.777. The number of nitrogens with one attached hydrogen (secondary N) is 1. The van der Waals surface area contributed by atoms with Gasteiger partial charge in [0, 0.05) is 37.8 Å². The lowest BCUT2D eigenvalue weighted by Crippen LogP contribution is -2.30. The zero-order valence-electron chi connectivity index (χ0n) is 13.3. The molecular weight excluding hydrogens is 292 g/mol. The Bertz CT molecular complexity index is 681. The molecule has 0 bridgehead atoms. The smallest absolute Gasteiger partial charge is 0.272 e. The maximum absolute atomic E-state index is 12.5. The zero-order valence-corrected chi connectivity index (χ0v) is 13.3. The van der Waals surface area contributed by atoms with Crippen LogP contribution in [0.4, 0.5) is 0 Å². The Balaban J connectivity index is 1.96. The van der Waals surface area contributed by atoms with E-state index in [2.05, 4.69) is 27.3 Å². The molecule has 2 aromatic rings. The van der Waals surface area contributed by atoms with Crippen molar-refractivity contribution in [3.8, 4) is 5.82 Å². The standard InChI is InChI=1S/C16H22N6O/c1-21-10-6-13-12(11-21)15(16(23)19-9-4-7-17)20-22(13)14-5-2-3-8-18-14/h2-3,5,8H,4,6-7,9-11,17H2,1H3,(H,19,23). The van der Waals surface area contributed by atoms with Gasteiger partial charge in [0.05, 0.1) is 5.69 Å². The number of fused-ring (bicyclic) bond motifs is 1. The number of hydrogen-bond donors (Lipinski definition) is 2. The molecule has 0 aromatic carbocycles. The lowest BCUT2D eigenvalue weighted by molar-refractivity contribution is 0.0946. The number of nitrogens with two attached hydrogens (primary N) is 1. The molecule has 1 aliphatic heterocycles. The second-order valence-corrected chi connectivity index (χ2v) is 5.76. The number of amides is 1. The number of carbonyl (C=O) groups is 1. The Morgan fingerprint density at radius 3 is 3.04 bits per heavy atom. The Morgan fingerprint density at radius 1 is 1.43 bits per heavy atom. The highest BCUT2D eigenvalue weighted by atomic mass is 16.1. The van der Waals surface area contributed by atoms with Crippen molar-refractivity contribution in [3.63, 3.8) is 0 Å². The van der Waals surface area contributed by atoms with Crippen molar-refractivity contribution in [3.05, 3.63) is 41.3 Å². The van der Waals surface area contributed by atoms with Gasteiger partial charge in [0.2, 0.25) is 0 Å². The molecule has 0 atom stereocenters. The minimum Gasteiger partial charge on any atom is -0.351 e. The first kappa shape index (κ1) is 15.6. The summed E-state index contributed by atoms with van der Waals surface area (Å²) in [6.45, 7) is 2.79. The molecule has 3 rings (SSSR count). The van der Waals surface area contributed by atoms with Crippen LogP contribution in [0, 0.1) is 0 Å². The summed E-state index contributed by atoms with van der Waals surface area (Å²) in [5.41, 5.74) is 8.04. The third-order valence-electron chi connectivity index (χ3n) is 4.00. The van der Waals surface area contributed by atoms with E-state index in [1.165, 1.54) is 0 Å². The van der Waals surface area contributed by atoms with Gasteiger partial charge >= 0.3 is 0 Å². The molecule has 3 heterocycles. The van der Waals surface area contributed by atoms with Crippen LogP contribution in [0.15, 0.2) is 24.4 Å². The summed E-state index contributed by atoms with van der Waals surface area (Å²) in [5.74, 6) is 0.606. The fraction of sp³-hybridized carbons (Fsp3) is 0.438. The fourth-order valence-electron chi connectivity index (χ4n) is 2.79. The molecular formula is C16H22N6O. The molecule has 7 nitrogen and oxygen atoms in total. The molecule has 0 unspecified atom stereocenters. The molecule has 122 valence electrons. The van der Waals surface area contributed by atoms with Crippen molar-refractivity contribution in [2.45, 2.75) is 19.4 Å². The van der Waals surface area contributed by atoms with Gasteiger partial charge in [-0.15, -0.1) is 0 Å². The second kappa shape index (κ2) is 6.89. The fourth-order valence-corrected chi connectivity index (χ4v) is 2.79. The van der Waals surface area contributed by atoms with Crippen LogP contribution in [0.25, 0.3) is 5.82 Å². The Hall–Kier alpha value is -2.25. The summed E-state index contributed by atoms with van der Waals surface area (Å²) in [4.78, 5) is 19.0. The van der Waals surface area contributed by atoms with Gasteiger partial charge in [-0.05, 0) is 32.1 Å². The van der Waals surface area contributed by atoms with Crippen molar-refractivity contribution in [2.75, 3.05) is 26.7 Å². The first-order valence-corrected chi connectivity index (χ1v) is 7.89. The number of aromatic nitrogens is 3. The minimum atomic E-state index is -0.139. The predicted octanol–water partition coefficient (Wildman–Crippen LogP) is 0.334. The van der Waals surface area contributed by atoms with E-state index in [1.807, 2.05) is 18.2 Å². The van der Waals surface area contributed by atoms with Gasteiger partial charge < -0.3 is 16.0 Å². The Kier molecular flexibility index (Phi) is 4.68. The highest BCUT2D eigenvalue weighted by molar-refractivity contribution is 5.94. The molecule has 1 aliphatic rings. The molecule has 0 spiro atoms. The summed E-state index contributed by atoms with van der Waals surface area (Å²) in [6, 6.07) is 5.70. The van der Waals surface area contributed by atoms with Crippen molar-refractivity contribution in [1.29, 1.82) is 0 Å². The SMILES string of the molecule is CN1CCc2c(c(C(=O)NCCCN)nn2-c2ccccn2)C1. The molecule has 23 heavy (non-hydrogen) atoms. The molecule has 0 aliphatic carbocycles. The Morgan fingerprint density at radius 2 is 2.30 bits per heavy atom. The zero-order chi connectivity index (χ0) is 16.2. The molecule has 7 heteroatoms. The lowest BCUT2D eigenvalue weighted by Gasteiger charge is -2.23. The molecule has 0 radical (unpaired) electrons. The van der Waals surface area contributed by atoms with Crippen LogP contribution in [0.1, 0.15) is 28.2 Å². The van der Waals surface area contributed by atoms with Crippen LogP contribution in [0.5, 0.6) is 0 Å². The van der Waals surface area contributed by atoms with E-state index in [1.54, 1.807) is 10.9 Å². The summed E-state index contributed by atoms with van der Waals surface area (Å²) in [7, 11) is 2.05. The van der Waals surface area contributed by atoms with Crippen LogP contribution in [-0.2, 0) is 13.0 Å². The number of likely N-dealkylation sites (N-methyl/N-ethyl adjacent to an activating group) is 1. The van der Waals surface area contributed by atoms with Crippen LogP contribution in [-0.4, -0.2) is 52.3 Å². The van der Waals surface area contributed by atoms with E-state index in [4.69, 9.17) is 5.73 Å². The monoisotopic (exact) mass is 314 g/mol. The molecule has 0 saturated heterocycles. The predicted molar refractivity (Wildman–Crippen MR) is 87.4 cm³/mol. The summed E-state index contributed by atoms with van der Waals surface area (Å²) in [6.07, 6.45) is 3.35. The van der Waals surface area contributed by atoms with E-state index in [0.717, 1.165) is 43.0 Å². The van der Waals surface area contributed by atoms with Crippen molar-refractivity contribution < 1.29 is 4.79 Å². The first-order chi connectivity index (χ1) is 11.2. The third kappa shape index (κ3) is 3.25. The summed E-state index contributed by atoms with van der Waals surface area (Å²) in [5, 5.41) is 7.46. The summed E-state index contributed by atoms with van der Waals surface area (Å²) < 4.78 is 1.81. The van der Waals surface area contributed by atoms with E-state index < -0.39 is 0 Å². The maximum Gasteiger partial charge on any atom is 0.272 e. The van der Waals surface area contributed by atoms with E-state index in [-0.39, 0.29) is 5.91 Å². The average Bonchev–Trinajstić information content (AvgIpc) is 2.94. The first-order valence-electron chi connectivity index (χ1n) is 7.89. The van der Waals surface area contributed by atoms with Gasteiger partial charge in [-0.2, -0.15) is 5.10 Å². The number of rotatable bonds is 5. The van der Waals surface area contributed by atoms with Crippen LogP contribution in [0.2, 0.25) is 0 Å². The summed E-state index contributed by atoms with van der Waals surface area (Å²) >= 11 is 0. The number of pyridine rings is 1. The minimum absolute atomic E-state index is 0.139. The van der Waals surface area contributed by atoms with Crippen molar-refractivity contribution in [2.24, 2.45) is 5.73 Å². The highest BCUT2D eigenvalue weighted by Gasteiger charge is 2.27. The maximum atomic E-state index is 12.5. The van der Waals surface area contributed by atoms with Crippen LogP contribution in [0.3, 0.4) is 0 Å². The van der Waals surface area contributed by atoms with Gasteiger partial charge in [-0.1, -0.05) is 6.07 Å².